The molecule has 0 unspecified atom stereocenters. The summed E-state index contributed by atoms with van der Waals surface area (Å²) in [5, 5.41) is 5.33. The Morgan fingerprint density at radius 1 is 1.21 bits per heavy atom. The van der Waals surface area contributed by atoms with Crippen LogP contribution in [-0.4, -0.2) is 77.0 Å². The summed E-state index contributed by atoms with van der Waals surface area (Å²) in [5.41, 5.74) is 0. The highest BCUT2D eigenvalue weighted by atomic mass is 32.2. The number of rotatable bonds is 8. The number of carbonyl (C=O) groups excluding carboxylic acids is 2. The SMILES string of the molecule is CCNC(=O)[C@@H](C)NC(=O)C[NH+]1CCN(S(=O)(=O)c2ccc(OC)cc2)CC1. The molecule has 0 spiro atoms. The number of nitrogens with one attached hydrogen (secondary N) is 3. The number of methoxy groups -OCH3 is 1. The van der Waals surface area contributed by atoms with Crippen LogP contribution in [0.5, 0.6) is 5.75 Å². The summed E-state index contributed by atoms with van der Waals surface area (Å²) in [6.45, 7) is 5.89. The minimum atomic E-state index is -3.56. The molecule has 0 radical (unpaired) electrons. The van der Waals surface area contributed by atoms with Gasteiger partial charge >= 0.3 is 0 Å². The molecule has 0 bridgehead atoms. The number of likely N-dealkylation sites (N-methyl/N-ethyl adjacent to an activating group) is 1. The Bertz CT molecular complexity index is 774. The first-order valence-corrected chi connectivity index (χ1v) is 10.8. The Labute approximate surface area is 166 Å². The van der Waals surface area contributed by atoms with E-state index in [0.29, 0.717) is 38.5 Å². The molecule has 28 heavy (non-hydrogen) atoms. The smallest absolute Gasteiger partial charge is 0.275 e. The number of benzene rings is 1. The van der Waals surface area contributed by atoms with Crippen LogP contribution in [0, 0.1) is 0 Å². The van der Waals surface area contributed by atoms with Gasteiger partial charge in [0.15, 0.2) is 6.54 Å². The van der Waals surface area contributed by atoms with Gasteiger partial charge in [-0.1, -0.05) is 0 Å². The molecule has 3 N–H and O–H groups in total. The number of ether oxygens (including phenoxy) is 1. The molecule has 1 fully saturated rings. The number of piperazine rings is 1. The van der Waals surface area contributed by atoms with Gasteiger partial charge in [0, 0.05) is 6.54 Å². The van der Waals surface area contributed by atoms with Crippen LogP contribution >= 0.6 is 0 Å². The van der Waals surface area contributed by atoms with Crippen molar-refractivity contribution in [2.45, 2.75) is 24.8 Å². The Morgan fingerprint density at radius 3 is 2.36 bits per heavy atom. The van der Waals surface area contributed by atoms with E-state index in [0.717, 1.165) is 4.90 Å². The second-order valence-corrected chi connectivity index (χ2v) is 8.63. The second-order valence-electron chi connectivity index (χ2n) is 6.69. The topological polar surface area (TPSA) is 109 Å². The molecule has 1 aliphatic rings. The second kappa shape index (κ2) is 9.85. The third-order valence-electron chi connectivity index (χ3n) is 4.66. The normalized spacial score (nSPS) is 17.0. The molecule has 0 saturated carbocycles. The van der Waals surface area contributed by atoms with Gasteiger partial charge in [0.1, 0.15) is 11.8 Å². The molecule has 0 aliphatic carbocycles. The molecule has 2 rings (SSSR count). The fourth-order valence-electron chi connectivity index (χ4n) is 3.03. The van der Waals surface area contributed by atoms with Crippen molar-refractivity contribution in [1.82, 2.24) is 14.9 Å². The zero-order valence-electron chi connectivity index (χ0n) is 16.5. The van der Waals surface area contributed by atoms with Crippen LogP contribution in [0.25, 0.3) is 0 Å². The lowest BCUT2D eigenvalue weighted by molar-refractivity contribution is -0.895. The van der Waals surface area contributed by atoms with E-state index in [1.54, 1.807) is 19.1 Å². The van der Waals surface area contributed by atoms with Gasteiger partial charge < -0.3 is 20.3 Å². The zero-order valence-corrected chi connectivity index (χ0v) is 17.3. The number of nitrogens with zero attached hydrogens (tertiary/aromatic N) is 1. The van der Waals surface area contributed by atoms with Crippen molar-refractivity contribution in [2.75, 3.05) is 46.4 Å². The van der Waals surface area contributed by atoms with Gasteiger partial charge in [-0.2, -0.15) is 4.31 Å². The van der Waals surface area contributed by atoms with E-state index in [9.17, 15) is 18.0 Å². The average Bonchev–Trinajstić information content (AvgIpc) is 2.68. The lowest BCUT2D eigenvalue weighted by atomic mass is 10.3. The van der Waals surface area contributed by atoms with Crippen molar-refractivity contribution in [3.05, 3.63) is 24.3 Å². The predicted molar refractivity (Wildman–Crippen MR) is 104 cm³/mol. The van der Waals surface area contributed by atoms with E-state index in [4.69, 9.17) is 4.74 Å². The van der Waals surface area contributed by atoms with E-state index >= 15 is 0 Å². The molecule has 2 amide bonds. The lowest BCUT2D eigenvalue weighted by Gasteiger charge is -2.31. The Morgan fingerprint density at radius 2 is 1.82 bits per heavy atom. The Balaban J connectivity index is 1.86. The molecule has 1 aromatic rings. The van der Waals surface area contributed by atoms with E-state index in [-0.39, 0.29) is 23.3 Å². The molecule has 1 aromatic carbocycles. The summed E-state index contributed by atoms with van der Waals surface area (Å²) in [6, 6.07) is 5.71. The van der Waals surface area contributed by atoms with E-state index in [2.05, 4.69) is 10.6 Å². The standard InChI is InChI=1S/C18H28N4O5S/c1-4-19-18(24)14(2)20-17(23)13-21-9-11-22(12-10-21)28(25,26)16-7-5-15(27-3)6-8-16/h5-8,14H,4,9-13H2,1-3H3,(H,19,24)(H,20,23)/p+1/t14-/m1/s1. The van der Waals surface area contributed by atoms with Crippen LogP contribution in [0.1, 0.15) is 13.8 Å². The highest BCUT2D eigenvalue weighted by Gasteiger charge is 2.31. The van der Waals surface area contributed by atoms with Crippen molar-refractivity contribution >= 4 is 21.8 Å². The van der Waals surface area contributed by atoms with Gasteiger partial charge in [0.05, 0.1) is 38.2 Å². The van der Waals surface area contributed by atoms with Crippen molar-refractivity contribution in [3.8, 4) is 5.75 Å². The quantitative estimate of drug-likeness (QED) is 0.467. The number of amides is 2. The van der Waals surface area contributed by atoms with E-state index < -0.39 is 16.1 Å². The summed E-state index contributed by atoms with van der Waals surface area (Å²) in [6.07, 6.45) is 0. The summed E-state index contributed by atoms with van der Waals surface area (Å²) >= 11 is 0. The van der Waals surface area contributed by atoms with Crippen LogP contribution in [0.4, 0.5) is 0 Å². The lowest BCUT2D eigenvalue weighted by Crippen LogP contribution is -3.15. The Hall–Kier alpha value is -2.17. The third kappa shape index (κ3) is 5.66. The van der Waals surface area contributed by atoms with Gasteiger partial charge in [-0.3, -0.25) is 9.59 Å². The molecule has 1 atom stereocenters. The number of hydrogen-bond acceptors (Lipinski definition) is 5. The van der Waals surface area contributed by atoms with Gasteiger partial charge in [-0.25, -0.2) is 8.42 Å². The van der Waals surface area contributed by atoms with Crippen LogP contribution in [0.15, 0.2) is 29.2 Å². The monoisotopic (exact) mass is 413 g/mol. The first kappa shape index (κ1) is 22.1. The summed E-state index contributed by atoms with van der Waals surface area (Å²) in [7, 11) is -2.04. The molecule has 10 heteroatoms. The van der Waals surface area contributed by atoms with Gasteiger partial charge in [0.25, 0.3) is 5.91 Å². The van der Waals surface area contributed by atoms with Crippen molar-refractivity contribution in [2.24, 2.45) is 0 Å². The first-order valence-electron chi connectivity index (χ1n) is 9.32. The first-order chi connectivity index (χ1) is 13.3. The fraction of sp³-hybridized carbons (Fsp3) is 0.556. The van der Waals surface area contributed by atoms with E-state index in [1.807, 2.05) is 6.92 Å². The number of hydrogen-bond donors (Lipinski definition) is 3. The Kier molecular flexibility index (Phi) is 7.78. The van der Waals surface area contributed by atoms with E-state index in [1.165, 1.54) is 23.5 Å². The van der Waals surface area contributed by atoms with Crippen molar-refractivity contribution in [3.63, 3.8) is 0 Å². The highest BCUT2D eigenvalue weighted by molar-refractivity contribution is 7.89. The average molecular weight is 414 g/mol. The maximum absolute atomic E-state index is 12.7. The third-order valence-corrected chi connectivity index (χ3v) is 6.57. The summed E-state index contributed by atoms with van der Waals surface area (Å²) in [4.78, 5) is 25.0. The molecule has 156 valence electrons. The predicted octanol–water partition coefficient (Wildman–Crippen LogP) is -1.77. The molecule has 0 aromatic heterocycles. The maximum atomic E-state index is 12.7. The summed E-state index contributed by atoms with van der Waals surface area (Å²) < 4.78 is 32.0. The van der Waals surface area contributed by atoms with Crippen LogP contribution in [0.2, 0.25) is 0 Å². The molecular formula is C18H29N4O5S+. The highest BCUT2D eigenvalue weighted by Crippen LogP contribution is 2.19. The molecule has 9 nitrogen and oxygen atoms in total. The molecule has 1 heterocycles. The number of sulfonamides is 1. The fourth-order valence-corrected chi connectivity index (χ4v) is 4.47. The summed E-state index contributed by atoms with van der Waals surface area (Å²) in [5.74, 6) is 0.155. The number of carbonyl (C=O) groups is 2. The largest absolute Gasteiger partial charge is 0.497 e. The minimum absolute atomic E-state index is 0.209. The van der Waals surface area contributed by atoms with Crippen molar-refractivity contribution < 1.29 is 27.6 Å². The number of quaternary nitrogens is 1. The van der Waals surface area contributed by atoms with Gasteiger partial charge in [0.2, 0.25) is 15.9 Å². The maximum Gasteiger partial charge on any atom is 0.275 e. The van der Waals surface area contributed by atoms with Crippen molar-refractivity contribution in [1.29, 1.82) is 0 Å². The van der Waals surface area contributed by atoms with Gasteiger partial charge in [-0.05, 0) is 38.1 Å². The zero-order chi connectivity index (χ0) is 20.7. The van der Waals surface area contributed by atoms with Crippen LogP contribution in [0.3, 0.4) is 0 Å². The minimum Gasteiger partial charge on any atom is -0.497 e. The molecule has 1 aliphatic heterocycles. The van der Waals surface area contributed by atoms with Crippen LogP contribution < -0.4 is 20.3 Å². The molecule has 1 saturated heterocycles. The van der Waals surface area contributed by atoms with Crippen LogP contribution in [-0.2, 0) is 19.6 Å². The van der Waals surface area contributed by atoms with Gasteiger partial charge in [-0.15, -0.1) is 0 Å². The molecular weight excluding hydrogens is 384 g/mol.